The van der Waals surface area contributed by atoms with Crippen molar-refractivity contribution in [2.75, 3.05) is 46.9 Å². The first-order chi connectivity index (χ1) is 11.8. The molecule has 1 aliphatic carbocycles. The van der Waals surface area contributed by atoms with E-state index in [4.69, 9.17) is 9.47 Å². The summed E-state index contributed by atoms with van der Waals surface area (Å²) in [4.78, 5) is 5.19. The van der Waals surface area contributed by atoms with Crippen molar-refractivity contribution in [1.82, 2.24) is 9.80 Å². The van der Waals surface area contributed by atoms with E-state index in [0.29, 0.717) is 0 Å². The fraction of sp³-hybridized carbons (Fsp3) is 0.600. The fourth-order valence-electron chi connectivity index (χ4n) is 3.75. The maximum Gasteiger partial charge on any atom is 0.161 e. The van der Waals surface area contributed by atoms with E-state index in [1.54, 1.807) is 14.2 Å². The second-order valence-electron chi connectivity index (χ2n) is 6.92. The van der Waals surface area contributed by atoms with Crippen LogP contribution in [0.5, 0.6) is 11.5 Å². The number of benzene rings is 1. The zero-order valence-electron chi connectivity index (χ0n) is 15.0. The van der Waals surface area contributed by atoms with E-state index >= 15 is 0 Å². The lowest BCUT2D eigenvalue weighted by Crippen LogP contribution is -2.47. The lowest BCUT2D eigenvalue weighted by atomic mass is 9.94. The molecule has 1 aromatic carbocycles. The zero-order chi connectivity index (χ0) is 16.8. The van der Waals surface area contributed by atoms with Crippen LogP contribution in [0.4, 0.5) is 0 Å². The van der Waals surface area contributed by atoms with E-state index < -0.39 is 0 Å². The lowest BCUT2D eigenvalue weighted by Gasteiger charge is -2.36. The van der Waals surface area contributed by atoms with Gasteiger partial charge in [0.25, 0.3) is 0 Å². The van der Waals surface area contributed by atoms with Gasteiger partial charge in [-0.05, 0) is 42.9 Å². The number of methoxy groups -OCH3 is 2. The molecule has 2 aliphatic rings. The first-order valence-electron chi connectivity index (χ1n) is 9.09. The Hall–Kier alpha value is -1.52. The SMILES string of the molecule is COc1ccc(CN2CCN(C[C@H]3CC=CCC3)CC2)cc1OC. The maximum atomic E-state index is 5.41. The molecule has 0 N–H and O–H groups in total. The number of nitrogens with zero attached hydrogens (tertiary/aromatic N) is 2. The van der Waals surface area contributed by atoms with Crippen molar-refractivity contribution in [3.8, 4) is 11.5 Å². The highest BCUT2D eigenvalue weighted by molar-refractivity contribution is 5.42. The molecule has 4 nitrogen and oxygen atoms in total. The van der Waals surface area contributed by atoms with Crippen LogP contribution in [0, 0.1) is 5.92 Å². The van der Waals surface area contributed by atoms with Crippen molar-refractivity contribution in [2.24, 2.45) is 5.92 Å². The third-order valence-electron chi connectivity index (χ3n) is 5.21. The van der Waals surface area contributed by atoms with E-state index in [9.17, 15) is 0 Å². The summed E-state index contributed by atoms with van der Waals surface area (Å²) in [5, 5.41) is 0. The maximum absolute atomic E-state index is 5.41. The molecule has 0 radical (unpaired) electrons. The summed E-state index contributed by atoms with van der Waals surface area (Å²) in [6.07, 6.45) is 8.59. The summed E-state index contributed by atoms with van der Waals surface area (Å²) in [6.45, 7) is 6.93. The molecule has 1 fully saturated rings. The summed E-state index contributed by atoms with van der Waals surface area (Å²) < 4.78 is 10.7. The smallest absolute Gasteiger partial charge is 0.161 e. The molecule has 0 saturated carbocycles. The van der Waals surface area contributed by atoms with Crippen LogP contribution in [0.15, 0.2) is 30.4 Å². The molecular formula is C20H30N2O2. The second-order valence-corrected chi connectivity index (χ2v) is 6.92. The monoisotopic (exact) mass is 330 g/mol. The Morgan fingerprint density at radius 2 is 1.71 bits per heavy atom. The molecule has 0 amide bonds. The predicted octanol–water partition coefficient (Wildman–Crippen LogP) is 3.18. The van der Waals surface area contributed by atoms with Crippen LogP contribution >= 0.6 is 0 Å². The molecule has 1 heterocycles. The highest BCUT2D eigenvalue weighted by atomic mass is 16.5. The van der Waals surface area contributed by atoms with Gasteiger partial charge in [-0.3, -0.25) is 4.90 Å². The van der Waals surface area contributed by atoms with Gasteiger partial charge in [0.2, 0.25) is 0 Å². The Morgan fingerprint density at radius 1 is 0.958 bits per heavy atom. The molecule has 1 aromatic rings. The van der Waals surface area contributed by atoms with Gasteiger partial charge in [-0.25, -0.2) is 0 Å². The van der Waals surface area contributed by atoms with Crippen molar-refractivity contribution in [3.63, 3.8) is 0 Å². The Kier molecular flexibility index (Phi) is 6.16. The minimum absolute atomic E-state index is 0.799. The van der Waals surface area contributed by atoms with Gasteiger partial charge in [0.05, 0.1) is 14.2 Å². The number of rotatable bonds is 6. The molecule has 132 valence electrons. The number of allylic oxidation sites excluding steroid dienone is 2. The second kappa shape index (κ2) is 8.54. The Labute approximate surface area is 146 Å². The molecule has 1 atom stereocenters. The highest BCUT2D eigenvalue weighted by Gasteiger charge is 2.20. The molecule has 0 bridgehead atoms. The van der Waals surface area contributed by atoms with Crippen LogP contribution in [0.2, 0.25) is 0 Å². The van der Waals surface area contributed by atoms with Gasteiger partial charge >= 0.3 is 0 Å². The number of hydrogen-bond acceptors (Lipinski definition) is 4. The first kappa shape index (κ1) is 17.3. The van der Waals surface area contributed by atoms with Crippen molar-refractivity contribution >= 4 is 0 Å². The molecule has 0 spiro atoms. The summed E-state index contributed by atoms with van der Waals surface area (Å²) in [7, 11) is 3.37. The highest BCUT2D eigenvalue weighted by Crippen LogP contribution is 2.28. The summed E-state index contributed by atoms with van der Waals surface area (Å²) >= 11 is 0. The quantitative estimate of drug-likeness (QED) is 0.748. The predicted molar refractivity (Wildman–Crippen MR) is 97.7 cm³/mol. The third kappa shape index (κ3) is 4.52. The number of ether oxygens (including phenoxy) is 2. The van der Waals surface area contributed by atoms with Crippen LogP contribution < -0.4 is 9.47 Å². The summed E-state index contributed by atoms with van der Waals surface area (Å²) in [5.41, 5.74) is 1.29. The van der Waals surface area contributed by atoms with Gasteiger partial charge in [0.1, 0.15) is 0 Å². The van der Waals surface area contributed by atoms with E-state index in [2.05, 4.69) is 34.1 Å². The number of hydrogen-bond donors (Lipinski definition) is 0. The van der Waals surface area contributed by atoms with E-state index in [0.717, 1.165) is 37.1 Å². The molecule has 1 saturated heterocycles. The van der Waals surface area contributed by atoms with E-state index in [-0.39, 0.29) is 0 Å². The average Bonchev–Trinajstić information content (AvgIpc) is 2.64. The van der Waals surface area contributed by atoms with E-state index in [1.807, 2.05) is 6.07 Å². The summed E-state index contributed by atoms with van der Waals surface area (Å²) in [6, 6.07) is 6.24. The van der Waals surface area contributed by atoms with Crippen LogP contribution in [-0.4, -0.2) is 56.7 Å². The molecule has 3 rings (SSSR count). The largest absolute Gasteiger partial charge is 0.493 e. The van der Waals surface area contributed by atoms with Gasteiger partial charge in [-0.2, -0.15) is 0 Å². The Balaban J connectivity index is 1.47. The fourth-order valence-corrected chi connectivity index (χ4v) is 3.75. The topological polar surface area (TPSA) is 24.9 Å². The molecule has 24 heavy (non-hydrogen) atoms. The van der Waals surface area contributed by atoms with Crippen molar-refractivity contribution in [1.29, 1.82) is 0 Å². The van der Waals surface area contributed by atoms with Crippen molar-refractivity contribution < 1.29 is 9.47 Å². The van der Waals surface area contributed by atoms with Crippen LogP contribution in [0.1, 0.15) is 24.8 Å². The zero-order valence-corrected chi connectivity index (χ0v) is 15.0. The molecule has 0 aromatic heterocycles. The Bertz CT molecular complexity index is 551. The summed E-state index contributed by atoms with van der Waals surface area (Å²) in [5.74, 6) is 2.49. The van der Waals surface area contributed by atoms with Crippen molar-refractivity contribution in [3.05, 3.63) is 35.9 Å². The van der Waals surface area contributed by atoms with E-state index in [1.165, 1.54) is 44.5 Å². The van der Waals surface area contributed by atoms with Crippen LogP contribution in [0.3, 0.4) is 0 Å². The van der Waals surface area contributed by atoms with Gasteiger partial charge < -0.3 is 14.4 Å². The van der Waals surface area contributed by atoms with Gasteiger partial charge in [-0.1, -0.05) is 18.2 Å². The molecule has 4 heteroatoms. The van der Waals surface area contributed by atoms with Crippen molar-refractivity contribution in [2.45, 2.75) is 25.8 Å². The van der Waals surface area contributed by atoms with Crippen LogP contribution in [0.25, 0.3) is 0 Å². The van der Waals surface area contributed by atoms with Crippen LogP contribution in [-0.2, 0) is 6.54 Å². The third-order valence-corrected chi connectivity index (χ3v) is 5.21. The molecule has 1 aliphatic heterocycles. The van der Waals surface area contributed by atoms with Gasteiger partial charge in [-0.15, -0.1) is 0 Å². The standard InChI is InChI=1S/C20H30N2O2/c1-23-19-9-8-18(14-20(19)24-2)16-22-12-10-21(11-13-22)15-17-6-4-3-5-7-17/h3-4,8-9,14,17H,5-7,10-13,15-16H2,1-2H3/t17-/m0/s1. The first-order valence-corrected chi connectivity index (χ1v) is 9.09. The Morgan fingerprint density at radius 3 is 2.38 bits per heavy atom. The molecule has 0 unspecified atom stereocenters. The minimum atomic E-state index is 0.799. The average molecular weight is 330 g/mol. The van der Waals surface area contributed by atoms with Gasteiger partial charge in [0, 0.05) is 39.3 Å². The molecular weight excluding hydrogens is 300 g/mol. The minimum Gasteiger partial charge on any atom is -0.493 e. The lowest BCUT2D eigenvalue weighted by molar-refractivity contribution is 0.111. The number of piperazine rings is 1. The normalized spacial score (nSPS) is 22.5. The van der Waals surface area contributed by atoms with Gasteiger partial charge in [0.15, 0.2) is 11.5 Å².